The molecule has 0 saturated heterocycles. The minimum absolute atomic E-state index is 0.130. The first kappa shape index (κ1) is 15.3. The number of hydrogen-bond acceptors (Lipinski definition) is 3. The molecular weight excluding hydrogens is 399 g/mol. The summed E-state index contributed by atoms with van der Waals surface area (Å²) < 4.78 is 27.2. The third-order valence-corrected chi connectivity index (χ3v) is 5.28. The predicted octanol–water partition coefficient (Wildman–Crippen LogP) is 2.83. The van der Waals surface area contributed by atoms with Gasteiger partial charge in [0, 0.05) is 14.6 Å². The average molecular weight is 415 g/mol. The maximum absolute atomic E-state index is 11.9. The lowest BCUT2D eigenvalue weighted by atomic mass is 10.3. The molecule has 0 atom stereocenters. The fraction of sp³-hybridized carbons (Fsp3) is 0.500. The van der Waals surface area contributed by atoms with Gasteiger partial charge in [0.05, 0.1) is 11.4 Å². The molecule has 0 bridgehead atoms. The lowest BCUT2D eigenvalue weighted by Crippen LogP contribution is -2.23. The summed E-state index contributed by atoms with van der Waals surface area (Å²) in [6.45, 7) is 0.753. The normalized spacial score (nSPS) is 15.5. The van der Waals surface area contributed by atoms with E-state index in [-0.39, 0.29) is 5.75 Å². The van der Waals surface area contributed by atoms with Gasteiger partial charge in [0.1, 0.15) is 0 Å². The fourth-order valence-electron chi connectivity index (χ4n) is 1.65. The third kappa shape index (κ3) is 5.45. The van der Waals surface area contributed by atoms with Gasteiger partial charge in [-0.3, -0.25) is 4.72 Å². The Morgan fingerprint density at radius 1 is 1.37 bits per heavy atom. The van der Waals surface area contributed by atoms with Gasteiger partial charge in [-0.1, -0.05) is 11.6 Å². The molecule has 0 spiro atoms. The van der Waals surface area contributed by atoms with Crippen molar-refractivity contribution in [1.82, 2.24) is 5.32 Å². The van der Waals surface area contributed by atoms with Crippen molar-refractivity contribution in [1.29, 1.82) is 0 Å². The summed E-state index contributed by atoms with van der Waals surface area (Å²) in [5.74, 6) is 0.130. The Morgan fingerprint density at radius 2 is 2.11 bits per heavy atom. The minimum atomic E-state index is -3.29. The van der Waals surface area contributed by atoms with E-state index in [0.29, 0.717) is 23.2 Å². The van der Waals surface area contributed by atoms with Crippen molar-refractivity contribution in [3.63, 3.8) is 0 Å². The van der Waals surface area contributed by atoms with Crippen molar-refractivity contribution in [3.05, 3.63) is 26.8 Å². The third-order valence-electron chi connectivity index (χ3n) is 2.80. The van der Waals surface area contributed by atoms with Crippen molar-refractivity contribution in [2.45, 2.75) is 25.3 Å². The number of benzene rings is 1. The predicted molar refractivity (Wildman–Crippen MR) is 87.2 cm³/mol. The summed E-state index contributed by atoms with van der Waals surface area (Å²) in [7, 11) is -3.29. The van der Waals surface area contributed by atoms with E-state index in [1.807, 2.05) is 0 Å². The quantitative estimate of drug-likeness (QED) is 0.533. The van der Waals surface area contributed by atoms with Crippen LogP contribution >= 0.6 is 34.2 Å². The van der Waals surface area contributed by atoms with Crippen molar-refractivity contribution in [3.8, 4) is 0 Å². The van der Waals surface area contributed by atoms with E-state index in [1.54, 1.807) is 18.2 Å². The summed E-state index contributed by atoms with van der Waals surface area (Å²) in [6, 6.07) is 5.71. The largest absolute Gasteiger partial charge is 0.314 e. The van der Waals surface area contributed by atoms with Gasteiger partial charge in [-0.05, 0) is 66.6 Å². The molecule has 0 heterocycles. The van der Waals surface area contributed by atoms with Crippen LogP contribution in [0.1, 0.15) is 19.3 Å². The van der Waals surface area contributed by atoms with Crippen molar-refractivity contribution >= 4 is 49.9 Å². The molecule has 1 saturated carbocycles. The Balaban J connectivity index is 1.84. The van der Waals surface area contributed by atoms with Crippen LogP contribution in [0, 0.1) is 3.57 Å². The molecule has 0 aliphatic heterocycles. The van der Waals surface area contributed by atoms with E-state index in [9.17, 15) is 8.42 Å². The first-order chi connectivity index (χ1) is 8.96. The Kier molecular flexibility index (Phi) is 5.33. The first-order valence-corrected chi connectivity index (χ1v) is 9.26. The molecule has 1 fully saturated rings. The van der Waals surface area contributed by atoms with E-state index in [1.165, 1.54) is 12.8 Å². The Morgan fingerprint density at radius 3 is 2.74 bits per heavy atom. The zero-order valence-electron chi connectivity index (χ0n) is 10.3. The van der Waals surface area contributed by atoms with Crippen molar-refractivity contribution in [2.75, 3.05) is 17.0 Å². The number of sulfonamides is 1. The molecule has 2 rings (SSSR count). The molecule has 1 aliphatic carbocycles. The monoisotopic (exact) mass is 414 g/mol. The van der Waals surface area contributed by atoms with Gasteiger partial charge >= 0.3 is 0 Å². The molecule has 1 aromatic carbocycles. The molecule has 106 valence electrons. The first-order valence-electron chi connectivity index (χ1n) is 6.15. The molecule has 0 aromatic heterocycles. The van der Waals surface area contributed by atoms with Crippen molar-refractivity contribution < 1.29 is 8.42 Å². The summed E-state index contributed by atoms with van der Waals surface area (Å²) in [5, 5.41) is 3.90. The second-order valence-corrected chi connectivity index (χ2v) is 8.07. The number of hydrogen-bond donors (Lipinski definition) is 2. The van der Waals surface area contributed by atoms with Crippen LogP contribution in [0.2, 0.25) is 5.02 Å². The van der Waals surface area contributed by atoms with E-state index in [4.69, 9.17) is 11.6 Å². The Labute approximate surface area is 132 Å². The average Bonchev–Trinajstić information content (AvgIpc) is 3.12. The van der Waals surface area contributed by atoms with E-state index >= 15 is 0 Å². The van der Waals surface area contributed by atoms with Gasteiger partial charge in [-0.15, -0.1) is 0 Å². The number of nitrogens with one attached hydrogen (secondary N) is 2. The second-order valence-electron chi connectivity index (χ2n) is 4.63. The molecule has 0 unspecified atom stereocenters. The Hall–Kier alpha value is -0.0500. The molecule has 1 aromatic rings. The van der Waals surface area contributed by atoms with Gasteiger partial charge in [0.2, 0.25) is 10.0 Å². The summed E-state index contributed by atoms with van der Waals surface area (Å²) >= 11 is 7.90. The van der Waals surface area contributed by atoms with Gasteiger partial charge in [0.25, 0.3) is 0 Å². The van der Waals surface area contributed by atoms with Crippen molar-refractivity contribution in [2.24, 2.45) is 0 Å². The SMILES string of the molecule is O=S(=O)(CCCNC1CC1)Nc1ccc(Cl)cc1I. The number of anilines is 1. The van der Waals surface area contributed by atoms with Gasteiger partial charge < -0.3 is 5.32 Å². The second kappa shape index (κ2) is 6.60. The highest BCUT2D eigenvalue weighted by Gasteiger charge is 2.20. The topological polar surface area (TPSA) is 58.2 Å². The van der Waals surface area contributed by atoms with E-state index in [2.05, 4.69) is 32.6 Å². The fourth-order valence-corrected chi connectivity index (χ4v) is 3.98. The van der Waals surface area contributed by atoms with Crippen LogP contribution in [-0.4, -0.2) is 26.8 Å². The molecular formula is C12H16ClIN2O2S. The lowest BCUT2D eigenvalue weighted by molar-refractivity contribution is 0.593. The van der Waals surface area contributed by atoms with Crippen LogP contribution in [-0.2, 0) is 10.0 Å². The number of halogens is 2. The van der Waals surface area contributed by atoms with Gasteiger partial charge in [-0.25, -0.2) is 8.42 Å². The number of rotatable bonds is 7. The van der Waals surface area contributed by atoms with Gasteiger partial charge in [-0.2, -0.15) is 0 Å². The molecule has 1 aliphatic rings. The van der Waals surface area contributed by atoms with Crippen LogP contribution in [0.25, 0.3) is 0 Å². The highest BCUT2D eigenvalue weighted by atomic mass is 127. The molecule has 4 nitrogen and oxygen atoms in total. The van der Waals surface area contributed by atoms with Gasteiger partial charge in [0.15, 0.2) is 0 Å². The van der Waals surface area contributed by atoms with E-state index in [0.717, 1.165) is 10.1 Å². The highest BCUT2D eigenvalue weighted by Crippen LogP contribution is 2.23. The maximum Gasteiger partial charge on any atom is 0.232 e. The van der Waals surface area contributed by atoms with Crippen LogP contribution in [0.15, 0.2) is 18.2 Å². The molecule has 0 radical (unpaired) electrons. The maximum atomic E-state index is 11.9. The van der Waals surface area contributed by atoms with Crippen LogP contribution < -0.4 is 10.0 Å². The Bertz CT molecular complexity index is 547. The standard InChI is InChI=1S/C12H16ClIN2O2S/c13-9-2-5-12(11(14)8-9)16-19(17,18)7-1-6-15-10-3-4-10/h2,5,8,10,15-16H,1,3-4,6-7H2. The molecule has 0 amide bonds. The molecule has 19 heavy (non-hydrogen) atoms. The van der Waals surface area contributed by atoms with Crippen LogP contribution in [0.5, 0.6) is 0 Å². The van der Waals surface area contributed by atoms with Crippen LogP contribution in [0.3, 0.4) is 0 Å². The smallest absolute Gasteiger partial charge is 0.232 e. The zero-order chi connectivity index (χ0) is 13.9. The molecule has 2 N–H and O–H groups in total. The van der Waals surface area contributed by atoms with Crippen LogP contribution in [0.4, 0.5) is 5.69 Å². The van der Waals surface area contributed by atoms with E-state index < -0.39 is 10.0 Å². The highest BCUT2D eigenvalue weighted by molar-refractivity contribution is 14.1. The summed E-state index contributed by atoms with van der Waals surface area (Å²) in [4.78, 5) is 0. The zero-order valence-corrected chi connectivity index (χ0v) is 14.1. The molecule has 7 heteroatoms. The minimum Gasteiger partial charge on any atom is -0.314 e. The summed E-state index contributed by atoms with van der Waals surface area (Å²) in [6.07, 6.45) is 3.05. The summed E-state index contributed by atoms with van der Waals surface area (Å²) in [5.41, 5.74) is 0.583. The lowest BCUT2D eigenvalue weighted by Gasteiger charge is -2.10.